The molecule has 0 spiro atoms. The number of hydrogen-bond acceptors (Lipinski definition) is 4. The van der Waals surface area contributed by atoms with Crippen molar-refractivity contribution in [1.82, 2.24) is 9.97 Å². The van der Waals surface area contributed by atoms with E-state index in [1.54, 1.807) is 0 Å². The normalized spacial score (nSPS) is 12.9. The highest BCUT2D eigenvalue weighted by molar-refractivity contribution is 9.10. The van der Waals surface area contributed by atoms with Gasteiger partial charge < -0.3 is 20.2 Å². The minimum Gasteiger partial charge on any atom is -0.454 e. The van der Waals surface area contributed by atoms with E-state index in [1.165, 1.54) is 5.56 Å². The maximum Gasteiger partial charge on any atom is 0.231 e. The van der Waals surface area contributed by atoms with Crippen molar-refractivity contribution in [1.29, 1.82) is 0 Å². The van der Waals surface area contributed by atoms with E-state index in [0.29, 0.717) is 13.3 Å². The zero-order valence-electron chi connectivity index (χ0n) is 10.3. The Morgan fingerprint density at radius 3 is 2.89 bits per heavy atom. The van der Waals surface area contributed by atoms with E-state index < -0.39 is 0 Å². The number of nitrogens with two attached hydrogens (primary N) is 1. The van der Waals surface area contributed by atoms with Gasteiger partial charge >= 0.3 is 0 Å². The number of benzene rings is 1. The monoisotopic (exact) mass is 323 g/mol. The number of rotatable bonds is 4. The number of aromatic amines is 1. The summed E-state index contributed by atoms with van der Waals surface area (Å²) in [6, 6.07) is 6.03. The van der Waals surface area contributed by atoms with Crippen molar-refractivity contribution in [2.24, 2.45) is 5.73 Å². The fourth-order valence-corrected chi connectivity index (χ4v) is 2.58. The number of nitrogens with one attached hydrogen (secondary N) is 1. The number of H-pyrrole nitrogens is 1. The molecule has 0 aliphatic carbocycles. The summed E-state index contributed by atoms with van der Waals surface area (Å²) in [7, 11) is 0. The van der Waals surface area contributed by atoms with E-state index in [2.05, 4.69) is 32.0 Å². The summed E-state index contributed by atoms with van der Waals surface area (Å²) >= 11 is 3.44. The first-order valence-corrected chi connectivity index (χ1v) is 6.87. The van der Waals surface area contributed by atoms with Crippen LogP contribution in [0.2, 0.25) is 0 Å². The molecule has 0 atom stereocenters. The molecule has 2 aromatic rings. The maximum absolute atomic E-state index is 5.56. The lowest BCUT2D eigenvalue weighted by molar-refractivity contribution is 0.174. The molecule has 6 heteroatoms. The molecule has 0 unspecified atom stereocenters. The Kier molecular flexibility index (Phi) is 3.44. The zero-order chi connectivity index (χ0) is 13.2. The number of aryl methyl sites for hydroxylation is 2. The lowest BCUT2D eigenvalue weighted by Gasteiger charge is -2.02. The largest absolute Gasteiger partial charge is 0.454 e. The van der Waals surface area contributed by atoms with Gasteiger partial charge in [-0.2, -0.15) is 0 Å². The number of halogens is 1. The average Bonchev–Trinajstić information content (AvgIpc) is 3.02. The number of aromatic nitrogens is 2. The van der Waals surface area contributed by atoms with Crippen molar-refractivity contribution in [2.45, 2.75) is 19.4 Å². The second kappa shape index (κ2) is 5.22. The molecule has 0 fully saturated rings. The van der Waals surface area contributed by atoms with Gasteiger partial charge in [0.1, 0.15) is 10.4 Å². The van der Waals surface area contributed by atoms with Crippen LogP contribution < -0.4 is 15.2 Å². The van der Waals surface area contributed by atoms with Crippen LogP contribution in [0.15, 0.2) is 22.8 Å². The molecule has 1 aromatic heterocycles. The molecule has 0 saturated carbocycles. The van der Waals surface area contributed by atoms with Crippen molar-refractivity contribution in [3.05, 3.63) is 39.9 Å². The maximum atomic E-state index is 5.56. The van der Waals surface area contributed by atoms with Crippen LogP contribution in [0.1, 0.15) is 17.1 Å². The summed E-state index contributed by atoms with van der Waals surface area (Å²) in [5, 5.41) is 0. The van der Waals surface area contributed by atoms with E-state index >= 15 is 0 Å². The van der Waals surface area contributed by atoms with Gasteiger partial charge in [0.05, 0.1) is 6.54 Å². The molecule has 3 rings (SSSR count). The Morgan fingerprint density at radius 1 is 1.26 bits per heavy atom. The van der Waals surface area contributed by atoms with Gasteiger partial charge in [-0.1, -0.05) is 6.07 Å². The molecule has 5 nitrogen and oxygen atoms in total. The minimum absolute atomic E-state index is 0.310. The number of imidazole rings is 1. The van der Waals surface area contributed by atoms with E-state index in [4.69, 9.17) is 15.2 Å². The first-order chi connectivity index (χ1) is 9.26. The molecule has 100 valence electrons. The lowest BCUT2D eigenvalue weighted by Crippen LogP contribution is -1.98. The first kappa shape index (κ1) is 12.5. The zero-order valence-corrected chi connectivity index (χ0v) is 11.9. The van der Waals surface area contributed by atoms with Crippen LogP contribution in [-0.4, -0.2) is 16.8 Å². The van der Waals surface area contributed by atoms with Crippen LogP contribution in [0.3, 0.4) is 0 Å². The van der Waals surface area contributed by atoms with Gasteiger partial charge in [-0.05, 0) is 46.5 Å². The molecule has 1 aromatic carbocycles. The third-order valence-corrected chi connectivity index (χ3v) is 3.73. The SMILES string of the molecule is NCc1nc(Br)c(CCc2ccc3c(c2)OCO3)[nH]1. The fraction of sp³-hybridized carbons (Fsp3) is 0.308. The molecule has 19 heavy (non-hydrogen) atoms. The molecule has 1 aliphatic heterocycles. The average molecular weight is 324 g/mol. The van der Waals surface area contributed by atoms with Crippen LogP contribution in [0.5, 0.6) is 11.5 Å². The van der Waals surface area contributed by atoms with Crippen molar-refractivity contribution in [3.8, 4) is 11.5 Å². The van der Waals surface area contributed by atoms with Crippen molar-refractivity contribution < 1.29 is 9.47 Å². The number of hydrogen-bond donors (Lipinski definition) is 2. The Hall–Kier alpha value is -1.53. The van der Waals surface area contributed by atoms with E-state index in [1.807, 2.05) is 12.1 Å². The van der Waals surface area contributed by atoms with Crippen molar-refractivity contribution in [2.75, 3.05) is 6.79 Å². The van der Waals surface area contributed by atoms with Gasteiger partial charge in [0.25, 0.3) is 0 Å². The Labute approximate surface area is 119 Å². The van der Waals surface area contributed by atoms with E-state index in [0.717, 1.165) is 40.5 Å². The van der Waals surface area contributed by atoms with Gasteiger partial charge in [-0.15, -0.1) is 0 Å². The molecule has 0 radical (unpaired) electrons. The van der Waals surface area contributed by atoms with Gasteiger partial charge in [-0.25, -0.2) is 4.98 Å². The second-order valence-corrected chi connectivity index (χ2v) is 5.10. The predicted octanol–water partition coefficient (Wildman–Crippen LogP) is 2.14. The number of fused-ring (bicyclic) bond motifs is 1. The van der Waals surface area contributed by atoms with Gasteiger partial charge in [-0.3, -0.25) is 0 Å². The minimum atomic E-state index is 0.310. The quantitative estimate of drug-likeness (QED) is 0.904. The standard InChI is InChI=1S/C13H14BrN3O2/c14-13-9(16-12(6-15)17-13)3-1-8-2-4-10-11(5-8)19-7-18-10/h2,4-5H,1,3,6-7,15H2,(H,16,17). The molecule has 3 N–H and O–H groups in total. The van der Waals surface area contributed by atoms with Gasteiger partial charge in [0, 0.05) is 5.69 Å². The van der Waals surface area contributed by atoms with Crippen LogP contribution in [0, 0.1) is 0 Å². The summed E-state index contributed by atoms with van der Waals surface area (Å²) in [6.45, 7) is 0.730. The number of ether oxygens (including phenoxy) is 2. The molecule has 0 amide bonds. The highest BCUT2D eigenvalue weighted by Crippen LogP contribution is 2.32. The molecule has 2 heterocycles. The van der Waals surface area contributed by atoms with Gasteiger partial charge in [0.15, 0.2) is 11.5 Å². The van der Waals surface area contributed by atoms with Crippen LogP contribution in [-0.2, 0) is 19.4 Å². The molecule has 0 bridgehead atoms. The molecular weight excluding hydrogens is 310 g/mol. The van der Waals surface area contributed by atoms with Crippen LogP contribution >= 0.6 is 15.9 Å². The summed E-state index contributed by atoms with van der Waals surface area (Å²) in [4.78, 5) is 7.51. The third-order valence-electron chi connectivity index (χ3n) is 3.07. The molecule has 1 aliphatic rings. The molecule has 0 saturated heterocycles. The van der Waals surface area contributed by atoms with E-state index in [9.17, 15) is 0 Å². The van der Waals surface area contributed by atoms with Crippen LogP contribution in [0.25, 0.3) is 0 Å². The topological polar surface area (TPSA) is 73.2 Å². The van der Waals surface area contributed by atoms with E-state index in [-0.39, 0.29) is 0 Å². The Balaban J connectivity index is 1.70. The van der Waals surface area contributed by atoms with Crippen LogP contribution in [0.4, 0.5) is 0 Å². The third kappa shape index (κ3) is 2.59. The van der Waals surface area contributed by atoms with Crippen molar-refractivity contribution in [3.63, 3.8) is 0 Å². The first-order valence-electron chi connectivity index (χ1n) is 6.08. The van der Waals surface area contributed by atoms with Crippen molar-refractivity contribution >= 4 is 15.9 Å². The second-order valence-electron chi connectivity index (χ2n) is 4.34. The Morgan fingerprint density at radius 2 is 2.11 bits per heavy atom. The summed E-state index contributed by atoms with van der Waals surface area (Å²) in [5.41, 5.74) is 7.83. The smallest absolute Gasteiger partial charge is 0.231 e. The van der Waals surface area contributed by atoms with Gasteiger partial charge in [0.2, 0.25) is 6.79 Å². The molecular formula is C13H14BrN3O2. The predicted molar refractivity (Wildman–Crippen MR) is 74.2 cm³/mol. The highest BCUT2D eigenvalue weighted by Gasteiger charge is 2.13. The lowest BCUT2D eigenvalue weighted by atomic mass is 10.1. The highest BCUT2D eigenvalue weighted by atomic mass is 79.9. The summed E-state index contributed by atoms with van der Waals surface area (Å²) < 4.78 is 11.5. The number of nitrogens with zero attached hydrogens (tertiary/aromatic N) is 1. The fourth-order valence-electron chi connectivity index (χ4n) is 2.07. The Bertz CT molecular complexity index is 598. The summed E-state index contributed by atoms with van der Waals surface area (Å²) in [5.74, 6) is 2.44. The summed E-state index contributed by atoms with van der Waals surface area (Å²) in [6.07, 6.45) is 1.77.